The average Bonchev–Trinajstić information content (AvgIpc) is 3.03. The van der Waals surface area contributed by atoms with Crippen molar-refractivity contribution in [2.45, 2.75) is 32.7 Å². The van der Waals surface area contributed by atoms with E-state index in [2.05, 4.69) is 40.6 Å². The Morgan fingerprint density at radius 1 is 1.27 bits per heavy atom. The minimum absolute atomic E-state index is 0.0585. The van der Waals surface area contributed by atoms with E-state index in [1.54, 1.807) is 6.08 Å². The summed E-state index contributed by atoms with van der Waals surface area (Å²) >= 11 is 0. The maximum Gasteiger partial charge on any atom is 0.244 e. The third kappa shape index (κ3) is 3.15. The van der Waals surface area contributed by atoms with Gasteiger partial charge in [-0.15, -0.1) is 0 Å². The third-order valence-corrected chi connectivity index (χ3v) is 5.32. The van der Waals surface area contributed by atoms with Crippen molar-refractivity contribution in [3.8, 4) is 0 Å². The fraction of sp³-hybridized carbons (Fsp3) is 0.273. The second kappa shape index (κ2) is 6.79. The lowest BCUT2D eigenvalue weighted by molar-refractivity contribution is -0.117. The molecule has 4 rings (SSSR count). The Balaban J connectivity index is 1.50. The van der Waals surface area contributed by atoms with E-state index in [1.165, 1.54) is 11.1 Å². The van der Waals surface area contributed by atoms with Gasteiger partial charge in [-0.05, 0) is 54.5 Å². The number of aromatic nitrogens is 2. The van der Waals surface area contributed by atoms with Crippen LogP contribution in [-0.4, -0.2) is 16.1 Å². The molecule has 0 saturated heterocycles. The molecule has 0 aliphatic heterocycles. The highest BCUT2D eigenvalue weighted by Crippen LogP contribution is 2.34. The highest BCUT2D eigenvalue weighted by Gasteiger charge is 2.26. The summed E-state index contributed by atoms with van der Waals surface area (Å²) in [5, 5.41) is 11.6. The van der Waals surface area contributed by atoms with Crippen LogP contribution in [0.3, 0.4) is 0 Å². The molecule has 132 valence electrons. The summed E-state index contributed by atoms with van der Waals surface area (Å²) in [6.45, 7) is 4.21. The first-order valence-corrected chi connectivity index (χ1v) is 9.13. The number of rotatable bonds is 3. The molecule has 26 heavy (non-hydrogen) atoms. The first kappa shape index (κ1) is 16.6. The minimum atomic E-state index is -0.0585. The molecule has 4 nitrogen and oxygen atoms in total. The normalized spacial score (nSPS) is 19.6. The highest BCUT2D eigenvalue weighted by molar-refractivity contribution is 5.93. The molecule has 2 aromatic carbocycles. The molecule has 0 spiro atoms. The van der Waals surface area contributed by atoms with Crippen LogP contribution in [0.1, 0.15) is 41.8 Å². The van der Waals surface area contributed by atoms with E-state index in [9.17, 15) is 4.79 Å². The van der Waals surface area contributed by atoms with Gasteiger partial charge in [0.1, 0.15) is 0 Å². The van der Waals surface area contributed by atoms with Gasteiger partial charge in [-0.2, -0.15) is 5.10 Å². The smallest absolute Gasteiger partial charge is 0.244 e. The lowest BCUT2D eigenvalue weighted by atomic mass is 9.80. The van der Waals surface area contributed by atoms with Crippen LogP contribution in [0.15, 0.2) is 48.5 Å². The molecular formula is C22H23N3O. The van der Waals surface area contributed by atoms with E-state index in [1.807, 2.05) is 37.3 Å². The molecule has 1 aliphatic carbocycles. The summed E-state index contributed by atoms with van der Waals surface area (Å²) in [5.74, 6) is 0.377. The predicted octanol–water partition coefficient (Wildman–Crippen LogP) is 4.32. The van der Waals surface area contributed by atoms with Gasteiger partial charge in [-0.1, -0.05) is 43.3 Å². The lowest BCUT2D eigenvalue weighted by Gasteiger charge is -2.31. The number of fused-ring (bicyclic) bond motifs is 2. The van der Waals surface area contributed by atoms with Gasteiger partial charge in [0, 0.05) is 17.2 Å². The van der Waals surface area contributed by atoms with Crippen molar-refractivity contribution < 1.29 is 4.79 Å². The summed E-state index contributed by atoms with van der Waals surface area (Å²) < 4.78 is 0. The summed E-state index contributed by atoms with van der Waals surface area (Å²) in [4.78, 5) is 12.5. The van der Waals surface area contributed by atoms with Crippen molar-refractivity contribution in [2.24, 2.45) is 5.92 Å². The van der Waals surface area contributed by atoms with E-state index in [0.717, 1.165) is 35.0 Å². The second-order valence-electron chi connectivity index (χ2n) is 7.16. The zero-order valence-corrected chi connectivity index (χ0v) is 15.1. The van der Waals surface area contributed by atoms with E-state index in [0.29, 0.717) is 5.92 Å². The molecule has 0 saturated carbocycles. The third-order valence-electron chi connectivity index (χ3n) is 5.32. The van der Waals surface area contributed by atoms with Gasteiger partial charge < -0.3 is 5.32 Å². The van der Waals surface area contributed by atoms with Gasteiger partial charge >= 0.3 is 0 Å². The number of H-pyrrole nitrogens is 1. The first-order chi connectivity index (χ1) is 12.6. The van der Waals surface area contributed by atoms with Crippen LogP contribution in [-0.2, 0) is 11.2 Å². The van der Waals surface area contributed by atoms with E-state index < -0.39 is 0 Å². The van der Waals surface area contributed by atoms with Gasteiger partial charge in [0.25, 0.3) is 0 Å². The second-order valence-corrected chi connectivity index (χ2v) is 7.16. The molecule has 3 aromatic rings. The molecule has 2 N–H and O–H groups in total. The fourth-order valence-electron chi connectivity index (χ4n) is 3.78. The van der Waals surface area contributed by atoms with Crippen molar-refractivity contribution in [2.75, 3.05) is 0 Å². The number of hydrogen-bond donors (Lipinski definition) is 2. The van der Waals surface area contributed by atoms with Crippen molar-refractivity contribution in [3.05, 3.63) is 70.9 Å². The molecule has 0 fully saturated rings. The Morgan fingerprint density at radius 3 is 3.00 bits per heavy atom. The molecule has 4 heteroatoms. The Morgan fingerprint density at radius 2 is 2.12 bits per heavy atom. The monoisotopic (exact) mass is 345 g/mol. The minimum Gasteiger partial charge on any atom is -0.345 e. The zero-order valence-electron chi connectivity index (χ0n) is 15.1. The molecule has 0 radical (unpaired) electrons. The molecule has 0 bridgehead atoms. The van der Waals surface area contributed by atoms with Crippen LogP contribution in [0, 0.1) is 12.8 Å². The standard InChI is InChI=1S/C22H23N3O/c1-14-7-10-17-5-3-4-6-19(17)22(14)23-21(26)12-9-16-8-11-18-15(2)24-25-20(18)13-16/h3-6,8-9,11-14,22H,7,10H2,1-2H3,(H,23,26)(H,24,25)/b12-9+. The van der Waals surface area contributed by atoms with E-state index >= 15 is 0 Å². The Bertz CT molecular complexity index is 986. The summed E-state index contributed by atoms with van der Waals surface area (Å²) in [5.41, 5.74) is 5.54. The van der Waals surface area contributed by atoms with Gasteiger partial charge in [0.15, 0.2) is 0 Å². The van der Waals surface area contributed by atoms with Crippen LogP contribution in [0.4, 0.5) is 0 Å². The average molecular weight is 345 g/mol. The van der Waals surface area contributed by atoms with Gasteiger partial charge in [-0.25, -0.2) is 0 Å². The predicted molar refractivity (Wildman–Crippen MR) is 105 cm³/mol. The molecule has 2 atom stereocenters. The maximum absolute atomic E-state index is 12.5. The number of amides is 1. The number of hydrogen-bond acceptors (Lipinski definition) is 2. The molecule has 1 aliphatic rings. The van der Waals surface area contributed by atoms with Crippen molar-refractivity contribution >= 4 is 22.9 Å². The largest absolute Gasteiger partial charge is 0.345 e. The lowest BCUT2D eigenvalue weighted by Crippen LogP contribution is -2.34. The fourth-order valence-corrected chi connectivity index (χ4v) is 3.78. The number of carbonyl (C=O) groups excluding carboxylic acids is 1. The topological polar surface area (TPSA) is 57.8 Å². The highest BCUT2D eigenvalue weighted by atomic mass is 16.1. The van der Waals surface area contributed by atoms with E-state index in [-0.39, 0.29) is 11.9 Å². The van der Waals surface area contributed by atoms with E-state index in [4.69, 9.17) is 0 Å². The Kier molecular flexibility index (Phi) is 4.33. The van der Waals surface area contributed by atoms with Gasteiger partial charge in [0.2, 0.25) is 5.91 Å². The van der Waals surface area contributed by atoms with Crippen molar-refractivity contribution in [3.63, 3.8) is 0 Å². The van der Waals surface area contributed by atoms with Gasteiger partial charge in [-0.3, -0.25) is 9.89 Å². The molecule has 1 aromatic heterocycles. The molecule has 2 unspecified atom stereocenters. The SMILES string of the molecule is Cc1[nH]nc2cc(/C=C/C(=O)NC3c4ccccc4CCC3C)ccc12. The number of benzene rings is 2. The number of nitrogens with one attached hydrogen (secondary N) is 2. The summed E-state index contributed by atoms with van der Waals surface area (Å²) in [7, 11) is 0. The number of nitrogens with zero attached hydrogens (tertiary/aromatic N) is 1. The van der Waals surface area contributed by atoms with Crippen LogP contribution < -0.4 is 5.32 Å². The summed E-state index contributed by atoms with van der Waals surface area (Å²) in [6, 6.07) is 14.5. The van der Waals surface area contributed by atoms with Crippen molar-refractivity contribution in [1.82, 2.24) is 15.5 Å². The maximum atomic E-state index is 12.5. The quantitative estimate of drug-likeness (QED) is 0.694. The van der Waals surface area contributed by atoms with Gasteiger partial charge in [0.05, 0.1) is 11.6 Å². The first-order valence-electron chi connectivity index (χ1n) is 9.13. The number of carbonyl (C=O) groups is 1. The molecular weight excluding hydrogens is 322 g/mol. The molecule has 1 amide bonds. The number of aromatic amines is 1. The molecule has 1 heterocycles. The number of aryl methyl sites for hydroxylation is 2. The zero-order chi connectivity index (χ0) is 18.1. The summed E-state index contributed by atoms with van der Waals surface area (Å²) in [6.07, 6.45) is 5.65. The van der Waals surface area contributed by atoms with Crippen LogP contribution in [0.25, 0.3) is 17.0 Å². The Labute approximate surface area is 153 Å². The van der Waals surface area contributed by atoms with Crippen LogP contribution in [0.5, 0.6) is 0 Å². The van der Waals surface area contributed by atoms with Crippen molar-refractivity contribution in [1.29, 1.82) is 0 Å². The van der Waals surface area contributed by atoms with Crippen LogP contribution >= 0.6 is 0 Å². The Hall–Kier alpha value is -2.88. The van der Waals surface area contributed by atoms with Crippen LogP contribution in [0.2, 0.25) is 0 Å².